The number of anilines is 2. The van der Waals surface area contributed by atoms with Gasteiger partial charge in [-0.15, -0.1) is 0 Å². The van der Waals surface area contributed by atoms with Crippen LogP contribution in [-0.4, -0.2) is 28.5 Å². The molecule has 0 bridgehead atoms. The van der Waals surface area contributed by atoms with Crippen molar-refractivity contribution in [1.29, 1.82) is 0 Å². The van der Waals surface area contributed by atoms with Crippen molar-refractivity contribution in [1.82, 2.24) is 9.55 Å². The maximum absolute atomic E-state index is 13.9. The maximum Gasteiger partial charge on any atom is 0.257 e. The normalized spacial score (nSPS) is 13.7. The van der Waals surface area contributed by atoms with Gasteiger partial charge in [-0.1, -0.05) is 0 Å². The molecule has 29 heavy (non-hydrogen) atoms. The third kappa shape index (κ3) is 3.72. The highest BCUT2D eigenvalue weighted by atomic mass is 19.1. The van der Waals surface area contributed by atoms with Gasteiger partial charge in [0.25, 0.3) is 5.91 Å². The van der Waals surface area contributed by atoms with Crippen LogP contribution in [0.25, 0.3) is 5.69 Å². The molecule has 1 aromatic carbocycles. The van der Waals surface area contributed by atoms with E-state index < -0.39 is 17.5 Å². The molecule has 0 atom stereocenters. The number of nitrogens with one attached hydrogen (secondary N) is 1. The van der Waals surface area contributed by atoms with E-state index in [-0.39, 0.29) is 5.69 Å². The number of rotatable bonds is 4. The van der Waals surface area contributed by atoms with Crippen LogP contribution in [0, 0.1) is 25.5 Å². The predicted molar refractivity (Wildman–Crippen MR) is 109 cm³/mol. The molecule has 3 aromatic rings. The second-order valence-corrected chi connectivity index (χ2v) is 7.27. The first-order valence-corrected chi connectivity index (χ1v) is 9.61. The lowest BCUT2D eigenvalue weighted by Crippen LogP contribution is -2.18. The minimum absolute atomic E-state index is 0.0576. The molecular formula is C22H22F2N4O. The average Bonchev–Trinajstić information content (AvgIpc) is 3.32. The lowest BCUT2D eigenvalue weighted by molar-refractivity contribution is 0.102. The molecule has 4 rings (SSSR count). The van der Waals surface area contributed by atoms with Crippen LogP contribution in [-0.2, 0) is 0 Å². The van der Waals surface area contributed by atoms with Crippen LogP contribution in [0.1, 0.15) is 34.6 Å². The van der Waals surface area contributed by atoms with Gasteiger partial charge in [0.05, 0.1) is 23.1 Å². The van der Waals surface area contributed by atoms with Gasteiger partial charge in [-0.25, -0.2) is 13.8 Å². The van der Waals surface area contributed by atoms with Gasteiger partial charge in [-0.3, -0.25) is 4.79 Å². The molecule has 0 radical (unpaired) electrons. The van der Waals surface area contributed by atoms with Crippen molar-refractivity contribution in [2.45, 2.75) is 26.7 Å². The Bertz CT molecular complexity index is 1050. The number of aromatic nitrogens is 2. The lowest BCUT2D eigenvalue weighted by atomic mass is 10.2. The zero-order valence-electron chi connectivity index (χ0n) is 16.4. The molecule has 0 saturated carbocycles. The summed E-state index contributed by atoms with van der Waals surface area (Å²) < 4.78 is 28.9. The quantitative estimate of drug-likeness (QED) is 0.700. The Morgan fingerprint density at radius 3 is 2.48 bits per heavy atom. The van der Waals surface area contributed by atoms with E-state index in [0.29, 0.717) is 5.56 Å². The van der Waals surface area contributed by atoms with Crippen LogP contribution in [0.5, 0.6) is 0 Å². The fraction of sp³-hybridized carbons (Fsp3) is 0.273. The number of nitrogens with zero attached hydrogens (tertiary/aromatic N) is 3. The molecule has 1 aliphatic heterocycles. The van der Waals surface area contributed by atoms with E-state index in [0.717, 1.165) is 48.1 Å². The van der Waals surface area contributed by atoms with Crippen molar-refractivity contribution >= 4 is 17.4 Å². The number of aryl methyl sites for hydroxylation is 1. The molecule has 1 saturated heterocycles. The molecule has 1 N–H and O–H groups in total. The van der Waals surface area contributed by atoms with Crippen molar-refractivity contribution in [2.75, 3.05) is 23.3 Å². The number of carbonyl (C=O) groups is 1. The van der Waals surface area contributed by atoms with E-state index in [2.05, 4.69) is 15.2 Å². The summed E-state index contributed by atoms with van der Waals surface area (Å²) in [5.41, 5.74) is 2.81. The summed E-state index contributed by atoms with van der Waals surface area (Å²) in [4.78, 5) is 19.5. The van der Waals surface area contributed by atoms with E-state index in [1.165, 1.54) is 18.9 Å². The Labute approximate surface area is 168 Å². The summed E-state index contributed by atoms with van der Waals surface area (Å²) in [5, 5.41) is 2.52. The van der Waals surface area contributed by atoms with E-state index in [4.69, 9.17) is 0 Å². The number of hydrogen-bond donors (Lipinski definition) is 1. The van der Waals surface area contributed by atoms with Gasteiger partial charge in [0.2, 0.25) is 0 Å². The standard InChI is InChI=1S/C22H22F2N4O/c1-14-11-18(22(29)26-20-7-5-16(23)12-19(20)24)15(2)28(14)17-6-8-21(25-13-17)27-9-3-4-10-27/h5-8,11-13H,3-4,9-10H2,1-2H3,(H,26,29). The molecule has 3 heterocycles. The summed E-state index contributed by atoms with van der Waals surface area (Å²) in [6, 6.07) is 8.79. The van der Waals surface area contributed by atoms with Gasteiger partial charge in [0, 0.05) is 30.5 Å². The summed E-state index contributed by atoms with van der Waals surface area (Å²) in [7, 11) is 0. The van der Waals surface area contributed by atoms with Gasteiger partial charge in [0.1, 0.15) is 17.5 Å². The molecule has 150 valence electrons. The Balaban J connectivity index is 1.59. The Morgan fingerprint density at radius 2 is 1.83 bits per heavy atom. The monoisotopic (exact) mass is 396 g/mol. The zero-order valence-corrected chi connectivity index (χ0v) is 16.4. The summed E-state index contributed by atoms with van der Waals surface area (Å²) in [6.45, 7) is 5.78. The largest absolute Gasteiger partial charge is 0.357 e. The van der Waals surface area contributed by atoms with Crippen molar-refractivity contribution in [3.05, 3.63) is 71.2 Å². The molecule has 0 unspecified atom stereocenters. The van der Waals surface area contributed by atoms with Crippen molar-refractivity contribution in [3.63, 3.8) is 0 Å². The highest BCUT2D eigenvalue weighted by molar-refractivity contribution is 6.05. The van der Waals surface area contributed by atoms with Crippen LogP contribution in [0.4, 0.5) is 20.3 Å². The molecule has 0 spiro atoms. The molecule has 0 aliphatic carbocycles. The van der Waals surface area contributed by atoms with Gasteiger partial charge >= 0.3 is 0 Å². The smallest absolute Gasteiger partial charge is 0.257 e. The topological polar surface area (TPSA) is 50.2 Å². The SMILES string of the molecule is Cc1cc(C(=O)Nc2ccc(F)cc2F)c(C)n1-c1ccc(N2CCCC2)nc1. The summed E-state index contributed by atoms with van der Waals surface area (Å²) in [6.07, 6.45) is 4.17. The first-order chi connectivity index (χ1) is 13.9. The molecule has 1 fully saturated rings. The van der Waals surface area contributed by atoms with Gasteiger partial charge in [-0.2, -0.15) is 0 Å². The lowest BCUT2D eigenvalue weighted by Gasteiger charge is -2.17. The summed E-state index contributed by atoms with van der Waals surface area (Å²) in [5.74, 6) is -0.993. The third-order valence-corrected chi connectivity index (χ3v) is 5.28. The number of hydrogen-bond acceptors (Lipinski definition) is 3. The van der Waals surface area contributed by atoms with Crippen LogP contribution in [0.3, 0.4) is 0 Å². The highest BCUT2D eigenvalue weighted by Crippen LogP contribution is 2.24. The van der Waals surface area contributed by atoms with E-state index in [1.807, 2.05) is 30.5 Å². The Kier molecular flexibility index (Phi) is 5.05. The minimum atomic E-state index is -0.811. The zero-order chi connectivity index (χ0) is 20.5. The second kappa shape index (κ2) is 7.66. The van der Waals surface area contributed by atoms with Crippen LogP contribution < -0.4 is 10.2 Å². The average molecular weight is 396 g/mol. The maximum atomic E-state index is 13.9. The number of pyridine rings is 1. The van der Waals surface area contributed by atoms with Gasteiger partial charge in [0.15, 0.2) is 0 Å². The Hall–Kier alpha value is -3.22. The highest BCUT2D eigenvalue weighted by Gasteiger charge is 2.19. The summed E-state index contributed by atoms with van der Waals surface area (Å²) >= 11 is 0. The number of benzene rings is 1. The third-order valence-electron chi connectivity index (χ3n) is 5.28. The molecular weight excluding hydrogens is 374 g/mol. The van der Waals surface area contributed by atoms with Gasteiger partial charge in [-0.05, 0) is 57.0 Å². The predicted octanol–water partition coefficient (Wildman–Crippen LogP) is 4.62. The fourth-order valence-corrected chi connectivity index (χ4v) is 3.81. The van der Waals surface area contributed by atoms with Crippen LogP contribution in [0.15, 0.2) is 42.6 Å². The number of carbonyl (C=O) groups excluding carboxylic acids is 1. The first kappa shape index (κ1) is 19.1. The van der Waals surface area contributed by atoms with Crippen LogP contribution >= 0.6 is 0 Å². The Morgan fingerprint density at radius 1 is 1.07 bits per heavy atom. The second-order valence-electron chi connectivity index (χ2n) is 7.27. The molecule has 5 nitrogen and oxygen atoms in total. The first-order valence-electron chi connectivity index (χ1n) is 9.61. The van der Waals surface area contributed by atoms with Gasteiger partial charge < -0.3 is 14.8 Å². The number of halogens is 2. The van der Waals surface area contributed by atoms with E-state index in [1.54, 1.807) is 12.3 Å². The van der Waals surface area contributed by atoms with E-state index in [9.17, 15) is 13.6 Å². The van der Waals surface area contributed by atoms with E-state index >= 15 is 0 Å². The molecule has 1 aliphatic rings. The fourth-order valence-electron chi connectivity index (χ4n) is 3.81. The minimum Gasteiger partial charge on any atom is -0.357 e. The molecule has 1 amide bonds. The van der Waals surface area contributed by atoms with Crippen molar-refractivity contribution in [3.8, 4) is 5.69 Å². The van der Waals surface area contributed by atoms with Crippen molar-refractivity contribution < 1.29 is 13.6 Å². The van der Waals surface area contributed by atoms with Crippen molar-refractivity contribution in [2.24, 2.45) is 0 Å². The molecule has 7 heteroatoms. The molecule has 2 aromatic heterocycles. The number of amides is 1. The van der Waals surface area contributed by atoms with Crippen LogP contribution in [0.2, 0.25) is 0 Å².